The van der Waals surface area contributed by atoms with Crippen LogP contribution in [0.25, 0.3) is 0 Å². The van der Waals surface area contributed by atoms with Crippen molar-refractivity contribution in [1.29, 1.82) is 0 Å². The van der Waals surface area contributed by atoms with Gasteiger partial charge < -0.3 is 14.5 Å². The van der Waals surface area contributed by atoms with Gasteiger partial charge in [0.2, 0.25) is 5.91 Å². The number of methoxy groups -OCH3 is 1. The zero-order valence-corrected chi connectivity index (χ0v) is 18.2. The number of rotatable bonds is 7. The Balaban J connectivity index is 1.45. The van der Waals surface area contributed by atoms with Crippen LogP contribution < -0.4 is 4.74 Å². The van der Waals surface area contributed by atoms with Crippen molar-refractivity contribution < 1.29 is 13.9 Å². The number of carbonyl (C=O) groups is 1. The minimum Gasteiger partial charge on any atom is -0.497 e. The van der Waals surface area contributed by atoms with E-state index in [0.29, 0.717) is 36.2 Å². The molecule has 1 amide bonds. The molecule has 162 valence electrons. The molecule has 0 aromatic heterocycles. The highest BCUT2D eigenvalue weighted by molar-refractivity contribution is 5.76. The third kappa shape index (κ3) is 6.16. The molecule has 2 heterocycles. The van der Waals surface area contributed by atoms with E-state index in [2.05, 4.69) is 16.8 Å². The minimum absolute atomic E-state index is 0.207. The molecule has 1 aromatic rings. The summed E-state index contributed by atoms with van der Waals surface area (Å²) in [5.41, 5.74) is 0.713. The van der Waals surface area contributed by atoms with Crippen molar-refractivity contribution in [3.8, 4) is 5.75 Å². The highest BCUT2D eigenvalue weighted by atomic mass is 19.1. The number of hydrogen-bond donors (Lipinski definition) is 0. The van der Waals surface area contributed by atoms with Crippen molar-refractivity contribution in [2.75, 3.05) is 47.4 Å². The zero-order valence-electron chi connectivity index (χ0n) is 18.2. The van der Waals surface area contributed by atoms with E-state index >= 15 is 0 Å². The molecule has 0 bridgehead atoms. The topological polar surface area (TPSA) is 36.0 Å². The van der Waals surface area contributed by atoms with Crippen molar-refractivity contribution in [3.63, 3.8) is 0 Å². The molecule has 2 aliphatic rings. The monoisotopic (exact) mass is 405 g/mol. The predicted octanol–water partition coefficient (Wildman–Crippen LogP) is 3.38. The number of nitrogens with zero attached hydrogens (tertiary/aromatic N) is 3. The SMILES string of the molecule is COc1ccc(CN2CCC[C@@H](CCC(=O)N(C)C3CCN(C)CC3)C2)c(F)c1. The molecular weight excluding hydrogens is 369 g/mol. The molecule has 0 N–H and O–H groups in total. The number of ether oxygens (including phenoxy) is 1. The van der Waals surface area contributed by atoms with Crippen LogP contribution in [0.3, 0.4) is 0 Å². The smallest absolute Gasteiger partial charge is 0.222 e. The van der Waals surface area contributed by atoms with Gasteiger partial charge in [-0.15, -0.1) is 0 Å². The van der Waals surface area contributed by atoms with E-state index in [1.807, 2.05) is 24.1 Å². The Hall–Kier alpha value is -1.66. The standard InChI is InChI=1S/C23H36FN3O2/c1-25-13-10-20(11-14-25)26(2)23(28)9-6-18-5-4-12-27(16-18)17-19-7-8-21(29-3)15-22(19)24/h7-8,15,18,20H,4-6,9-14,16-17H2,1-3H3/t18-/m0/s1. The van der Waals surface area contributed by atoms with Crippen LogP contribution in [-0.2, 0) is 11.3 Å². The first-order valence-electron chi connectivity index (χ1n) is 10.9. The van der Waals surface area contributed by atoms with Gasteiger partial charge in [0, 0.05) is 44.2 Å². The Bertz CT molecular complexity index is 676. The zero-order chi connectivity index (χ0) is 20.8. The molecule has 0 radical (unpaired) electrons. The molecule has 2 saturated heterocycles. The summed E-state index contributed by atoms with van der Waals surface area (Å²) in [7, 11) is 5.66. The Morgan fingerprint density at radius 2 is 2.00 bits per heavy atom. The van der Waals surface area contributed by atoms with E-state index in [9.17, 15) is 9.18 Å². The molecular formula is C23H36FN3O2. The van der Waals surface area contributed by atoms with Gasteiger partial charge in [-0.3, -0.25) is 9.69 Å². The lowest BCUT2D eigenvalue weighted by molar-refractivity contribution is -0.133. The summed E-state index contributed by atoms with van der Waals surface area (Å²) in [5.74, 6) is 1.13. The number of halogens is 1. The summed E-state index contributed by atoms with van der Waals surface area (Å²) >= 11 is 0. The summed E-state index contributed by atoms with van der Waals surface area (Å²) in [6.07, 6.45) is 5.97. The molecule has 2 aliphatic heterocycles. The quantitative estimate of drug-likeness (QED) is 0.697. The molecule has 2 fully saturated rings. The van der Waals surface area contributed by atoms with Crippen LogP contribution in [0.15, 0.2) is 18.2 Å². The van der Waals surface area contributed by atoms with Crippen LogP contribution in [0.2, 0.25) is 0 Å². The maximum absolute atomic E-state index is 14.3. The normalized spacial score (nSPS) is 21.9. The first-order valence-corrected chi connectivity index (χ1v) is 10.9. The Morgan fingerprint density at radius 3 is 2.69 bits per heavy atom. The van der Waals surface area contributed by atoms with Crippen LogP contribution in [-0.4, -0.2) is 74.0 Å². The van der Waals surface area contributed by atoms with Crippen LogP contribution in [0.4, 0.5) is 4.39 Å². The van der Waals surface area contributed by atoms with E-state index in [1.54, 1.807) is 7.11 Å². The first kappa shape index (κ1) is 22.0. The van der Waals surface area contributed by atoms with Gasteiger partial charge in [0.05, 0.1) is 7.11 Å². The maximum atomic E-state index is 14.3. The van der Waals surface area contributed by atoms with Gasteiger partial charge in [-0.05, 0) is 70.8 Å². The van der Waals surface area contributed by atoms with Crippen molar-refractivity contribution >= 4 is 5.91 Å². The van der Waals surface area contributed by atoms with Gasteiger partial charge in [-0.2, -0.15) is 0 Å². The molecule has 1 atom stereocenters. The molecule has 0 aliphatic carbocycles. The van der Waals surface area contributed by atoms with E-state index in [0.717, 1.165) is 58.3 Å². The lowest BCUT2D eigenvalue weighted by Crippen LogP contribution is -2.44. The number of amides is 1. The molecule has 0 spiro atoms. The highest BCUT2D eigenvalue weighted by Gasteiger charge is 2.26. The number of piperidine rings is 2. The third-order valence-corrected chi connectivity index (χ3v) is 6.65. The Labute approximate surface area is 174 Å². The molecule has 3 rings (SSSR count). The average Bonchev–Trinajstić information content (AvgIpc) is 2.73. The van der Waals surface area contributed by atoms with Gasteiger partial charge in [-0.25, -0.2) is 4.39 Å². The Kier molecular flexibility index (Phi) is 7.90. The largest absolute Gasteiger partial charge is 0.497 e. The molecule has 0 saturated carbocycles. The van der Waals surface area contributed by atoms with Gasteiger partial charge in [0.15, 0.2) is 0 Å². The molecule has 6 heteroatoms. The average molecular weight is 406 g/mol. The van der Waals surface area contributed by atoms with Crippen LogP contribution in [0, 0.1) is 11.7 Å². The van der Waals surface area contributed by atoms with Crippen molar-refractivity contribution in [1.82, 2.24) is 14.7 Å². The van der Waals surface area contributed by atoms with Gasteiger partial charge in [0.1, 0.15) is 11.6 Å². The van der Waals surface area contributed by atoms with E-state index in [4.69, 9.17) is 4.74 Å². The summed E-state index contributed by atoms with van der Waals surface area (Å²) in [6.45, 7) is 4.70. The molecule has 29 heavy (non-hydrogen) atoms. The van der Waals surface area contributed by atoms with E-state index in [-0.39, 0.29) is 11.7 Å². The number of carbonyl (C=O) groups excluding carboxylic acids is 1. The van der Waals surface area contributed by atoms with E-state index in [1.165, 1.54) is 6.07 Å². The molecule has 5 nitrogen and oxygen atoms in total. The summed E-state index contributed by atoms with van der Waals surface area (Å²) < 4.78 is 19.4. The Morgan fingerprint density at radius 1 is 1.24 bits per heavy atom. The number of hydrogen-bond acceptors (Lipinski definition) is 4. The van der Waals surface area contributed by atoms with Crippen LogP contribution in [0.5, 0.6) is 5.75 Å². The first-order chi connectivity index (χ1) is 14.0. The predicted molar refractivity (Wildman–Crippen MR) is 113 cm³/mol. The lowest BCUT2D eigenvalue weighted by atomic mass is 9.92. The summed E-state index contributed by atoms with van der Waals surface area (Å²) in [5, 5.41) is 0. The molecule has 1 aromatic carbocycles. The maximum Gasteiger partial charge on any atom is 0.222 e. The van der Waals surface area contributed by atoms with Gasteiger partial charge in [-0.1, -0.05) is 6.07 Å². The summed E-state index contributed by atoms with van der Waals surface area (Å²) in [6, 6.07) is 5.48. The van der Waals surface area contributed by atoms with E-state index < -0.39 is 0 Å². The number of benzene rings is 1. The second kappa shape index (κ2) is 10.4. The highest BCUT2D eigenvalue weighted by Crippen LogP contribution is 2.25. The van der Waals surface area contributed by atoms with Crippen molar-refractivity contribution in [2.24, 2.45) is 5.92 Å². The lowest BCUT2D eigenvalue weighted by Gasteiger charge is -2.36. The van der Waals surface area contributed by atoms with Gasteiger partial charge >= 0.3 is 0 Å². The second-order valence-corrected chi connectivity index (χ2v) is 8.78. The van der Waals surface area contributed by atoms with Crippen LogP contribution in [0.1, 0.15) is 44.1 Å². The summed E-state index contributed by atoms with van der Waals surface area (Å²) in [4.78, 5) is 19.3. The second-order valence-electron chi connectivity index (χ2n) is 8.78. The number of likely N-dealkylation sites (tertiary alicyclic amines) is 2. The van der Waals surface area contributed by atoms with Gasteiger partial charge in [0.25, 0.3) is 0 Å². The van der Waals surface area contributed by atoms with Crippen molar-refractivity contribution in [3.05, 3.63) is 29.6 Å². The fraction of sp³-hybridized carbons (Fsp3) is 0.696. The third-order valence-electron chi connectivity index (χ3n) is 6.65. The van der Waals surface area contributed by atoms with Crippen molar-refractivity contribution in [2.45, 2.75) is 51.1 Å². The fourth-order valence-corrected chi connectivity index (χ4v) is 4.64. The minimum atomic E-state index is -0.207. The molecule has 0 unspecified atom stereocenters. The fourth-order valence-electron chi connectivity index (χ4n) is 4.64. The van der Waals surface area contributed by atoms with Crippen LogP contribution >= 0.6 is 0 Å².